The number of nitrogens with one attached hydrogen (secondary N) is 3. The van der Waals surface area contributed by atoms with Gasteiger partial charge in [0.15, 0.2) is 5.96 Å². The van der Waals surface area contributed by atoms with Gasteiger partial charge in [-0.25, -0.2) is 4.99 Å². The van der Waals surface area contributed by atoms with Crippen LogP contribution in [0.3, 0.4) is 0 Å². The fourth-order valence-corrected chi connectivity index (χ4v) is 3.27. The molecule has 9 heteroatoms. The molecular formula is C21H35IN6O2. The number of amides is 2. The molecule has 1 fully saturated rings. The average molecular weight is 530 g/mol. The van der Waals surface area contributed by atoms with Crippen LogP contribution >= 0.6 is 24.0 Å². The van der Waals surface area contributed by atoms with Crippen LogP contribution in [0.2, 0.25) is 0 Å². The highest BCUT2D eigenvalue weighted by Gasteiger charge is 2.21. The van der Waals surface area contributed by atoms with Gasteiger partial charge < -0.3 is 26.6 Å². The number of hydrogen-bond donors (Lipinski definition) is 4. The largest absolute Gasteiger partial charge is 0.368 e. The number of primary amides is 1. The first-order chi connectivity index (χ1) is 13.9. The van der Waals surface area contributed by atoms with Gasteiger partial charge in [0.1, 0.15) is 0 Å². The Hall–Kier alpha value is -1.88. The van der Waals surface area contributed by atoms with Crippen LogP contribution in [0.4, 0.5) is 0 Å². The van der Waals surface area contributed by atoms with Crippen molar-refractivity contribution in [2.24, 2.45) is 10.7 Å². The molecule has 0 radical (unpaired) electrons. The van der Waals surface area contributed by atoms with Crippen molar-refractivity contribution in [1.29, 1.82) is 0 Å². The lowest BCUT2D eigenvalue weighted by Gasteiger charge is -2.35. The maximum absolute atomic E-state index is 11.9. The lowest BCUT2D eigenvalue weighted by molar-refractivity contribution is -0.117. The molecule has 8 nitrogen and oxygen atoms in total. The van der Waals surface area contributed by atoms with Crippen molar-refractivity contribution in [3.05, 3.63) is 35.4 Å². The maximum Gasteiger partial charge on any atom is 0.251 e. The molecular weight excluding hydrogens is 495 g/mol. The summed E-state index contributed by atoms with van der Waals surface area (Å²) in [5, 5.41) is 9.33. The first-order valence-corrected chi connectivity index (χ1v) is 10.3. The monoisotopic (exact) mass is 530 g/mol. The van der Waals surface area contributed by atoms with Crippen LogP contribution in [-0.4, -0.2) is 60.9 Å². The molecule has 1 aromatic carbocycles. The molecule has 0 spiro atoms. The number of guanidine groups is 1. The second kappa shape index (κ2) is 13.4. The number of aliphatic imine (C=N–C) groups is 1. The summed E-state index contributed by atoms with van der Waals surface area (Å²) in [5.74, 6) is -0.0667. The molecule has 1 aromatic rings. The third kappa shape index (κ3) is 8.86. The molecule has 0 atom stereocenters. The second-order valence-corrected chi connectivity index (χ2v) is 7.59. The van der Waals surface area contributed by atoms with Crippen molar-refractivity contribution in [1.82, 2.24) is 20.9 Å². The Bertz CT molecular complexity index is 700. The van der Waals surface area contributed by atoms with Gasteiger partial charge in [0.2, 0.25) is 5.91 Å². The zero-order valence-corrected chi connectivity index (χ0v) is 20.4. The molecule has 0 aromatic heterocycles. The summed E-state index contributed by atoms with van der Waals surface area (Å²) in [7, 11) is 0. The fourth-order valence-electron chi connectivity index (χ4n) is 3.27. The number of nitrogens with two attached hydrogens (primary N) is 1. The van der Waals surface area contributed by atoms with Crippen LogP contribution in [0.1, 0.15) is 49.5 Å². The third-order valence-corrected chi connectivity index (χ3v) is 5.00. The van der Waals surface area contributed by atoms with Crippen molar-refractivity contribution >= 4 is 41.8 Å². The van der Waals surface area contributed by atoms with Gasteiger partial charge in [0, 0.05) is 37.3 Å². The number of benzene rings is 1. The van der Waals surface area contributed by atoms with Crippen LogP contribution in [-0.2, 0) is 11.3 Å². The van der Waals surface area contributed by atoms with Crippen LogP contribution in [0.25, 0.3) is 0 Å². The molecule has 1 aliphatic rings. The molecule has 168 valence electrons. The fraction of sp³-hybridized carbons (Fsp3) is 0.571. The standard InChI is InChI=1S/C21H34N6O2.HI/c1-4-23-21(26-18-9-11-27(12-10-18)15(2)3)25-13-16-5-7-17(8-6-16)20(29)24-14-19(22)28;/h5-8,15,18H,4,9-14H2,1-3H3,(H2,22,28)(H,24,29)(H2,23,25,26);1H. The Morgan fingerprint density at radius 2 is 1.80 bits per heavy atom. The summed E-state index contributed by atoms with van der Waals surface area (Å²) in [6.45, 7) is 9.90. The molecule has 0 aliphatic carbocycles. The molecule has 1 saturated heterocycles. The number of piperidine rings is 1. The highest BCUT2D eigenvalue weighted by molar-refractivity contribution is 14.0. The zero-order chi connectivity index (χ0) is 21.2. The summed E-state index contributed by atoms with van der Waals surface area (Å²) in [4.78, 5) is 29.9. The quantitative estimate of drug-likeness (QED) is 0.231. The van der Waals surface area contributed by atoms with Gasteiger partial charge in [-0.2, -0.15) is 0 Å². The smallest absolute Gasteiger partial charge is 0.251 e. The van der Waals surface area contributed by atoms with Gasteiger partial charge in [0.05, 0.1) is 13.1 Å². The number of carbonyl (C=O) groups is 2. The van der Waals surface area contributed by atoms with Gasteiger partial charge in [-0.1, -0.05) is 12.1 Å². The Morgan fingerprint density at radius 1 is 1.17 bits per heavy atom. The number of carbonyl (C=O) groups excluding carboxylic acids is 2. The number of nitrogens with zero attached hydrogens (tertiary/aromatic N) is 2. The van der Waals surface area contributed by atoms with E-state index in [4.69, 9.17) is 5.73 Å². The topological polar surface area (TPSA) is 112 Å². The molecule has 30 heavy (non-hydrogen) atoms. The Labute approximate surface area is 196 Å². The van der Waals surface area contributed by atoms with Gasteiger partial charge in [-0.15, -0.1) is 24.0 Å². The van der Waals surface area contributed by atoms with E-state index in [1.54, 1.807) is 12.1 Å². The molecule has 2 amide bonds. The minimum Gasteiger partial charge on any atom is -0.368 e. The predicted molar refractivity (Wildman–Crippen MR) is 131 cm³/mol. The third-order valence-electron chi connectivity index (χ3n) is 5.00. The number of rotatable bonds is 8. The van der Waals surface area contributed by atoms with Crippen LogP contribution < -0.4 is 21.7 Å². The molecule has 1 heterocycles. The van der Waals surface area contributed by atoms with Crippen molar-refractivity contribution in [3.63, 3.8) is 0 Å². The molecule has 0 bridgehead atoms. The minimum absolute atomic E-state index is 0. The lowest BCUT2D eigenvalue weighted by Crippen LogP contribution is -2.49. The van der Waals surface area contributed by atoms with E-state index < -0.39 is 5.91 Å². The van der Waals surface area contributed by atoms with E-state index in [-0.39, 0.29) is 36.4 Å². The second-order valence-electron chi connectivity index (χ2n) is 7.59. The minimum atomic E-state index is -0.567. The molecule has 0 unspecified atom stereocenters. The normalized spacial score (nSPS) is 15.4. The first kappa shape index (κ1) is 26.2. The van der Waals surface area contributed by atoms with Gasteiger partial charge in [-0.3, -0.25) is 9.59 Å². The van der Waals surface area contributed by atoms with E-state index in [2.05, 4.69) is 46.6 Å². The summed E-state index contributed by atoms with van der Waals surface area (Å²) in [6, 6.07) is 8.21. The number of halogens is 1. The number of likely N-dealkylation sites (tertiary alicyclic amines) is 1. The lowest BCUT2D eigenvalue weighted by atomic mass is 10.0. The SMILES string of the molecule is CCNC(=NCc1ccc(C(=O)NCC(N)=O)cc1)NC1CCN(C(C)C)CC1.I. The Kier molecular flexibility index (Phi) is 11.7. The van der Waals surface area contributed by atoms with Crippen molar-refractivity contribution < 1.29 is 9.59 Å². The van der Waals surface area contributed by atoms with E-state index in [1.807, 2.05) is 12.1 Å². The summed E-state index contributed by atoms with van der Waals surface area (Å²) >= 11 is 0. The van der Waals surface area contributed by atoms with E-state index in [1.165, 1.54) is 0 Å². The van der Waals surface area contributed by atoms with Crippen LogP contribution in [0.15, 0.2) is 29.3 Å². The molecule has 2 rings (SSSR count). The van der Waals surface area contributed by atoms with Gasteiger partial charge in [0.25, 0.3) is 5.91 Å². The van der Waals surface area contributed by atoms with Gasteiger partial charge in [-0.05, 0) is 51.3 Å². The van der Waals surface area contributed by atoms with E-state index in [0.717, 1.165) is 44.0 Å². The van der Waals surface area contributed by atoms with E-state index in [0.29, 0.717) is 24.2 Å². The molecule has 1 aliphatic heterocycles. The molecule has 5 N–H and O–H groups in total. The Morgan fingerprint density at radius 3 is 2.33 bits per heavy atom. The van der Waals surface area contributed by atoms with Crippen molar-refractivity contribution in [2.75, 3.05) is 26.2 Å². The van der Waals surface area contributed by atoms with E-state index >= 15 is 0 Å². The number of hydrogen-bond acceptors (Lipinski definition) is 4. The summed E-state index contributed by atoms with van der Waals surface area (Å²) in [6.07, 6.45) is 2.22. The summed E-state index contributed by atoms with van der Waals surface area (Å²) < 4.78 is 0. The predicted octanol–water partition coefficient (Wildman–Crippen LogP) is 1.45. The molecule has 0 saturated carbocycles. The van der Waals surface area contributed by atoms with Crippen molar-refractivity contribution in [3.8, 4) is 0 Å². The first-order valence-electron chi connectivity index (χ1n) is 10.3. The maximum atomic E-state index is 11.9. The highest BCUT2D eigenvalue weighted by atomic mass is 127. The van der Waals surface area contributed by atoms with Crippen molar-refractivity contribution in [2.45, 2.75) is 52.2 Å². The average Bonchev–Trinajstić information content (AvgIpc) is 2.71. The zero-order valence-electron chi connectivity index (χ0n) is 18.1. The highest BCUT2D eigenvalue weighted by Crippen LogP contribution is 2.13. The summed E-state index contributed by atoms with van der Waals surface area (Å²) in [5.41, 5.74) is 6.53. The Balaban J connectivity index is 0.00000450. The van der Waals surface area contributed by atoms with Crippen LogP contribution in [0.5, 0.6) is 0 Å². The van der Waals surface area contributed by atoms with Crippen LogP contribution in [0, 0.1) is 0 Å². The van der Waals surface area contributed by atoms with E-state index in [9.17, 15) is 9.59 Å². The van der Waals surface area contributed by atoms with Gasteiger partial charge >= 0.3 is 0 Å².